The first-order chi connectivity index (χ1) is 17.9. The van der Waals surface area contributed by atoms with Crippen LogP contribution in [0.2, 0.25) is 0 Å². The van der Waals surface area contributed by atoms with Crippen LogP contribution in [0.4, 0.5) is 0 Å². The van der Waals surface area contributed by atoms with Crippen molar-refractivity contribution in [1.29, 1.82) is 0 Å². The Morgan fingerprint density at radius 3 is 2.53 bits per heavy atom. The first-order valence-corrected chi connectivity index (χ1v) is 15.5. The van der Waals surface area contributed by atoms with E-state index in [1.165, 1.54) is 0 Å². The second-order valence-electron chi connectivity index (χ2n) is 11.1. The van der Waals surface area contributed by atoms with E-state index in [1.807, 2.05) is 44.2 Å². The molecule has 0 aromatic heterocycles. The fourth-order valence-corrected chi connectivity index (χ4v) is 6.40. The largest absolute Gasteiger partial charge is 0.480 e. The molecule has 0 spiro atoms. The van der Waals surface area contributed by atoms with Gasteiger partial charge in [-0.2, -0.15) is 0 Å². The summed E-state index contributed by atoms with van der Waals surface area (Å²) < 4.78 is 12.7. The summed E-state index contributed by atoms with van der Waals surface area (Å²) >= 11 is 0. The van der Waals surface area contributed by atoms with E-state index < -0.39 is 24.2 Å². The van der Waals surface area contributed by atoms with Gasteiger partial charge >= 0.3 is 5.97 Å². The first-order valence-electron chi connectivity index (χ1n) is 13.2. The molecule has 1 amide bonds. The van der Waals surface area contributed by atoms with Crippen LogP contribution in [0.5, 0.6) is 0 Å². The fourth-order valence-electron chi connectivity index (χ4n) is 3.97. The van der Waals surface area contributed by atoms with Crippen LogP contribution in [0.1, 0.15) is 59.4 Å². The average Bonchev–Trinajstić information content (AvgIpc) is 2.85. The Morgan fingerprint density at radius 1 is 1.24 bits per heavy atom. The van der Waals surface area contributed by atoms with Crippen molar-refractivity contribution in [2.24, 2.45) is 11.7 Å². The molecular weight excluding hydrogens is 522 g/mol. The van der Waals surface area contributed by atoms with Crippen molar-refractivity contribution in [3.8, 4) is 0 Å². The highest BCUT2D eigenvalue weighted by molar-refractivity contribution is 8.77. The number of carbonyl (C=O) groups excluding carboxylic acids is 1. The number of nitrogens with two attached hydrogens (primary N) is 1. The van der Waals surface area contributed by atoms with E-state index in [2.05, 4.69) is 38.0 Å². The Bertz CT molecular complexity index is 894. The quantitative estimate of drug-likeness (QED) is 0.229. The molecule has 0 bridgehead atoms. The van der Waals surface area contributed by atoms with E-state index >= 15 is 0 Å². The molecule has 0 unspecified atom stereocenters. The number of rotatable bonds is 15. The summed E-state index contributed by atoms with van der Waals surface area (Å²) in [6.07, 6.45) is 0.697. The number of amides is 1. The molecule has 38 heavy (non-hydrogen) atoms. The Hall–Kier alpha value is -1.72. The van der Waals surface area contributed by atoms with Crippen LogP contribution in [0.15, 0.2) is 42.6 Å². The van der Waals surface area contributed by atoms with E-state index in [1.54, 1.807) is 21.6 Å². The van der Waals surface area contributed by atoms with Gasteiger partial charge in [0.05, 0.1) is 24.9 Å². The molecule has 1 aliphatic rings. The predicted octanol–water partition coefficient (Wildman–Crippen LogP) is 4.35. The molecule has 0 radical (unpaired) electrons. The lowest BCUT2D eigenvalue weighted by atomic mass is 9.97. The lowest BCUT2D eigenvalue weighted by molar-refractivity contribution is -0.142. The van der Waals surface area contributed by atoms with Gasteiger partial charge in [0.2, 0.25) is 5.91 Å². The minimum Gasteiger partial charge on any atom is -0.480 e. The van der Waals surface area contributed by atoms with Crippen LogP contribution >= 0.6 is 21.6 Å². The molecule has 1 aromatic carbocycles. The second-order valence-corrected chi connectivity index (χ2v) is 14.3. The maximum absolute atomic E-state index is 12.6. The number of aliphatic carboxylic acids is 1. The van der Waals surface area contributed by atoms with Gasteiger partial charge in [-0.3, -0.25) is 4.79 Å². The van der Waals surface area contributed by atoms with Crippen molar-refractivity contribution >= 4 is 33.5 Å². The SMILES string of the molecule is C=C(N[C@@H](CC(C)C)C(=O)O)[C@H]1O[C@@H](CNC(=O)[C@@H](N)CSSC(C)(C)C)CC[C@@H]1OCc1ccccc1. The van der Waals surface area contributed by atoms with Gasteiger partial charge in [-0.1, -0.05) is 93.1 Å². The van der Waals surface area contributed by atoms with Crippen LogP contribution in [-0.2, 0) is 25.7 Å². The monoisotopic (exact) mass is 567 g/mol. The van der Waals surface area contributed by atoms with E-state index in [-0.39, 0.29) is 28.8 Å². The molecule has 10 heteroatoms. The zero-order chi connectivity index (χ0) is 28.3. The summed E-state index contributed by atoms with van der Waals surface area (Å²) in [6, 6.07) is 8.48. The fraction of sp³-hybridized carbons (Fsp3) is 0.643. The third kappa shape index (κ3) is 12.0. The third-order valence-corrected chi connectivity index (χ3v) is 9.24. The highest BCUT2D eigenvalue weighted by Gasteiger charge is 2.36. The lowest BCUT2D eigenvalue weighted by Gasteiger charge is -2.38. The molecule has 1 aromatic rings. The minimum absolute atomic E-state index is 0.0934. The van der Waals surface area contributed by atoms with E-state index in [4.69, 9.17) is 15.2 Å². The Labute approximate surface area is 235 Å². The van der Waals surface area contributed by atoms with E-state index in [0.717, 1.165) is 5.56 Å². The molecule has 1 aliphatic heterocycles. The molecule has 1 saturated heterocycles. The molecule has 1 heterocycles. The summed E-state index contributed by atoms with van der Waals surface area (Å²) in [5.41, 5.74) is 7.60. The Kier molecular flexibility index (Phi) is 13.5. The number of carbonyl (C=O) groups is 2. The van der Waals surface area contributed by atoms with Crippen LogP contribution in [0.3, 0.4) is 0 Å². The standard InChI is InChI=1S/C28H45N3O5S2/c1-18(2)14-23(27(33)34)31-19(3)25-24(35-16-20-10-8-7-9-11-20)13-12-21(36-25)15-30-26(32)22(29)17-37-38-28(4,5)6/h7-11,18,21-25,31H,3,12-17,29H2,1-2,4-6H3,(H,30,32)(H,33,34)/t21-,22+,23+,24+,25-/m1/s1. The number of benzene rings is 1. The molecule has 5 N–H and O–H groups in total. The highest BCUT2D eigenvalue weighted by Crippen LogP contribution is 2.35. The second kappa shape index (κ2) is 15.8. The van der Waals surface area contributed by atoms with E-state index in [0.29, 0.717) is 43.9 Å². The van der Waals surface area contributed by atoms with Crippen molar-refractivity contribution in [2.75, 3.05) is 12.3 Å². The molecule has 8 nitrogen and oxygen atoms in total. The van der Waals surface area contributed by atoms with Gasteiger partial charge in [0.1, 0.15) is 12.1 Å². The lowest BCUT2D eigenvalue weighted by Crippen LogP contribution is -2.51. The zero-order valence-corrected chi connectivity index (χ0v) is 24.9. The molecule has 5 atom stereocenters. The predicted molar refractivity (Wildman–Crippen MR) is 157 cm³/mol. The maximum Gasteiger partial charge on any atom is 0.326 e. The van der Waals surface area contributed by atoms with Crippen molar-refractivity contribution in [3.63, 3.8) is 0 Å². The third-order valence-electron chi connectivity index (χ3n) is 5.86. The number of hydrogen-bond acceptors (Lipinski definition) is 8. The van der Waals surface area contributed by atoms with E-state index in [9.17, 15) is 14.7 Å². The molecule has 2 rings (SSSR count). The summed E-state index contributed by atoms with van der Waals surface area (Å²) in [5, 5.41) is 15.7. The van der Waals surface area contributed by atoms with Gasteiger partial charge in [0, 0.05) is 22.7 Å². The maximum atomic E-state index is 12.6. The number of nitrogens with one attached hydrogen (secondary N) is 2. The minimum atomic E-state index is -0.933. The van der Waals surface area contributed by atoms with Crippen molar-refractivity contribution < 1.29 is 24.2 Å². The van der Waals surface area contributed by atoms with Crippen molar-refractivity contribution in [2.45, 2.75) is 95.6 Å². The van der Waals surface area contributed by atoms with Gasteiger partial charge in [-0.25, -0.2) is 4.79 Å². The van der Waals surface area contributed by atoms with Crippen LogP contribution in [-0.4, -0.2) is 64.4 Å². The summed E-state index contributed by atoms with van der Waals surface area (Å²) in [5.74, 6) is -0.433. The molecule has 1 fully saturated rings. The van der Waals surface area contributed by atoms with Crippen LogP contribution in [0.25, 0.3) is 0 Å². The van der Waals surface area contributed by atoms with Crippen molar-refractivity contribution in [1.82, 2.24) is 10.6 Å². The molecule has 214 valence electrons. The number of ether oxygens (including phenoxy) is 2. The van der Waals surface area contributed by atoms with Gasteiger partial charge in [-0.15, -0.1) is 0 Å². The highest BCUT2D eigenvalue weighted by atomic mass is 33.1. The smallest absolute Gasteiger partial charge is 0.326 e. The first kappa shape index (κ1) is 32.5. The molecular formula is C28H45N3O5S2. The van der Waals surface area contributed by atoms with Gasteiger partial charge in [0.15, 0.2) is 0 Å². The zero-order valence-electron chi connectivity index (χ0n) is 23.3. The van der Waals surface area contributed by atoms with Crippen LogP contribution < -0.4 is 16.4 Å². The molecule has 0 aliphatic carbocycles. The Balaban J connectivity index is 2.00. The van der Waals surface area contributed by atoms with Gasteiger partial charge in [-0.05, 0) is 30.7 Å². The average molecular weight is 568 g/mol. The van der Waals surface area contributed by atoms with Gasteiger partial charge < -0.3 is 30.9 Å². The van der Waals surface area contributed by atoms with Gasteiger partial charge in [0.25, 0.3) is 0 Å². The molecule has 0 saturated carbocycles. The number of carboxylic acids is 1. The summed E-state index contributed by atoms with van der Waals surface area (Å²) in [6.45, 7) is 15.2. The number of hydrogen-bond donors (Lipinski definition) is 4. The van der Waals surface area contributed by atoms with Crippen molar-refractivity contribution in [3.05, 3.63) is 48.2 Å². The summed E-state index contributed by atoms with van der Waals surface area (Å²) in [4.78, 5) is 24.4. The topological polar surface area (TPSA) is 123 Å². The normalized spacial score (nSPS) is 21.5. The number of carboxylic acid groups (broad SMARTS) is 1. The summed E-state index contributed by atoms with van der Waals surface area (Å²) in [7, 11) is 3.30. The van der Waals surface area contributed by atoms with Crippen LogP contribution in [0, 0.1) is 5.92 Å². The Morgan fingerprint density at radius 2 is 1.92 bits per heavy atom.